The van der Waals surface area contributed by atoms with Crippen molar-refractivity contribution in [1.29, 1.82) is 0 Å². The second kappa shape index (κ2) is 5.37. The van der Waals surface area contributed by atoms with Gasteiger partial charge in [0.05, 0.1) is 0 Å². The molecule has 2 heterocycles. The molecule has 0 aliphatic heterocycles. The lowest BCUT2D eigenvalue weighted by atomic mass is 10.2. The third-order valence-corrected chi connectivity index (χ3v) is 3.44. The molecule has 2 aromatic heterocycles. The van der Waals surface area contributed by atoms with E-state index in [4.69, 9.17) is 9.52 Å². The van der Waals surface area contributed by atoms with Crippen LogP contribution < -0.4 is 0 Å². The lowest BCUT2D eigenvalue weighted by molar-refractivity contribution is 0.0661. The molecule has 0 bridgehead atoms. The Labute approximate surface area is 109 Å². The molecule has 0 aromatic carbocycles. The number of rotatable bonds is 5. The fourth-order valence-corrected chi connectivity index (χ4v) is 2.48. The molecule has 5 heteroatoms. The van der Waals surface area contributed by atoms with Gasteiger partial charge < -0.3 is 9.52 Å². The van der Waals surface area contributed by atoms with Crippen LogP contribution in [0.5, 0.6) is 0 Å². The van der Waals surface area contributed by atoms with Gasteiger partial charge in [-0.15, -0.1) is 0 Å². The minimum atomic E-state index is -1.02. The zero-order valence-electron chi connectivity index (χ0n) is 10.3. The molecule has 0 amide bonds. The molecular weight excluding hydrogens is 250 g/mol. The molecule has 0 aliphatic carbocycles. The Hall–Kier alpha value is -1.59. The highest BCUT2D eigenvalue weighted by molar-refractivity contribution is 7.07. The second-order valence-corrected chi connectivity index (χ2v) is 5.08. The molecule has 0 atom stereocenters. The summed E-state index contributed by atoms with van der Waals surface area (Å²) in [5, 5.41) is 13.0. The van der Waals surface area contributed by atoms with Crippen LogP contribution in [-0.2, 0) is 13.1 Å². The molecular formula is C13H15NO3S. The summed E-state index contributed by atoms with van der Waals surface area (Å²) < 4.78 is 5.19. The van der Waals surface area contributed by atoms with Crippen molar-refractivity contribution in [3.05, 3.63) is 45.5 Å². The third kappa shape index (κ3) is 3.00. The largest absolute Gasteiger partial charge is 0.475 e. The molecule has 1 N–H and O–H groups in total. The summed E-state index contributed by atoms with van der Waals surface area (Å²) in [6, 6.07) is 3.69. The topological polar surface area (TPSA) is 53.7 Å². The summed E-state index contributed by atoms with van der Waals surface area (Å²) in [5.41, 5.74) is 2.19. The first-order valence-electron chi connectivity index (χ1n) is 5.58. The second-order valence-electron chi connectivity index (χ2n) is 4.30. The first-order chi connectivity index (χ1) is 8.56. The maximum absolute atomic E-state index is 10.8. The number of furan rings is 1. The molecule has 0 saturated carbocycles. The summed E-state index contributed by atoms with van der Waals surface area (Å²) in [6.07, 6.45) is 0. The van der Waals surface area contributed by atoms with Gasteiger partial charge in [-0.2, -0.15) is 11.3 Å². The summed E-state index contributed by atoms with van der Waals surface area (Å²) in [6.45, 7) is 3.31. The fraction of sp³-hybridized carbons (Fsp3) is 0.308. The Kier molecular flexibility index (Phi) is 3.84. The first kappa shape index (κ1) is 12.9. The van der Waals surface area contributed by atoms with Gasteiger partial charge in [0.1, 0.15) is 5.76 Å². The van der Waals surface area contributed by atoms with Gasteiger partial charge in [-0.25, -0.2) is 4.79 Å². The van der Waals surface area contributed by atoms with Gasteiger partial charge in [-0.05, 0) is 42.4 Å². The van der Waals surface area contributed by atoms with Crippen molar-refractivity contribution in [3.8, 4) is 0 Å². The van der Waals surface area contributed by atoms with Crippen LogP contribution in [0.2, 0.25) is 0 Å². The fourth-order valence-electron chi connectivity index (χ4n) is 1.82. The van der Waals surface area contributed by atoms with E-state index in [1.165, 1.54) is 5.56 Å². The van der Waals surface area contributed by atoms with Crippen LogP contribution in [0.25, 0.3) is 0 Å². The minimum absolute atomic E-state index is 0.00596. The Morgan fingerprint density at radius 3 is 2.83 bits per heavy atom. The highest BCUT2D eigenvalue weighted by Gasteiger charge is 2.14. The van der Waals surface area contributed by atoms with Crippen LogP contribution in [0, 0.1) is 6.92 Å². The average molecular weight is 265 g/mol. The smallest absolute Gasteiger partial charge is 0.371 e. The Balaban J connectivity index is 2.02. The van der Waals surface area contributed by atoms with Gasteiger partial charge in [0, 0.05) is 18.7 Å². The lowest BCUT2D eigenvalue weighted by Gasteiger charge is -2.14. The van der Waals surface area contributed by atoms with Gasteiger partial charge >= 0.3 is 5.97 Å². The number of aryl methyl sites for hydroxylation is 1. The molecule has 18 heavy (non-hydrogen) atoms. The average Bonchev–Trinajstić information content (AvgIpc) is 2.89. The van der Waals surface area contributed by atoms with E-state index in [-0.39, 0.29) is 5.76 Å². The zero-order chi connectivity index (χ0) is 13.1. The van der Waals surface area contributed by atoms with Crippen molar-refractivity contribution in [1.82, 2.24) is 4.90 Å². The quantitative estimate of drug-likeness (QED) is 0.903. The Morgan fingerprint density at radius 2 is 2.28 bits per heavy atom. The molecule has 4 nitrogen and oxygen atoms in total. The highest BCUT2D eigenvalue weighted by atomic mass is 32.1. The summed E-state index contributed by atoms with van der Waals surface area (Å²) in [5.74, 6) is -0.346. The Morgan fingerprint density at radius 1 is 1.50 bits per heavy atom. The van der Waals surface area contributed by atoms with Crippen LogP contribution in [0.3, 0.4) is 0 Å². The van der Waals surface area contributed by atoms with E-state index in [9.17, 15) is 4.79 Å². The standard InChI is InChI=1S/C13H15NO3S/c1-9-11(5-12(17-9)13(15)16)7-14(2)6-10-3-4-18-8-10/h3-5,8H,6-7H2,1-2H3,(H,15,16). The normalized spacial score (nSPS) is 11.1. The van der Waals surface area contributed by atoms with Gasteiger partial charge in [0.2, 0.25) is 5.76 Å². The van der Waals surface area contributed by atoms with Crippen LogP contribution in [-0.4, -0.2) is 23.0 Å². The van der Waals surface area contributed by atoms with E-state index >= 15 is 0 Å². The monoisotopic (exact) mass is 265 g/mol. The van der Waals surface area contributed by atoms with Gasteiger partial charge in [0.25, 0.3) is 0 Å². The number of carboxylic acid groups (broad SMARTS) is 1. The first-order valence-corrected chi connectivity index (χ1v) is 6.53. The molecule has 0 aliphatic rings. The molecule has 96 valence electrons. The molecule has 2 rings (SSSR count). The predicted octanol–water partition coefficient (Wildman–Crippen LogP) is 2.98. The van der Waals surface area contributed by atoms with E-state index in [0.717, 1.165) is 12.1 Å². The zero-order valence-corrected chi connectivity index (χ0v) is 11.2. The number of hydrogen-bond acceptors (Lipinski definition) is 4. The van der Waals surface area contributed by atoms with E-state index in [1.54, 1.807) is 24.3 Å². The molecule has 2 aromatic rings. The van der Waals surface area contributed by atoms with Crippen molar-refractivity contribution in [2.24, 2.45) is 0 Å². The number of thiophene rings is 1. The van der Waals surface area contributed by atoms with Crippen molar-refractivity contribution in [2.45, 2.75) is 20.0 Å². The Bertz CT molecular complexity index is 530. The number of carboxylic acids is 1. The predicted molar refractivity (Wildman–Crippen MR) is 69.9 cm³/mol. The number of nitrogens with zero attached hydrogens (tertiary/aromatic N) is 1. The summed E-state index contributed by atoms with van der Waals surface area (Å²) in [7, 11) is 2.00. The summed E-state index contributed by atoms with van der Waals surface area (Å²) >= 11 is 1.68. The molecule has 0 fully saturated rings. The molecule has 0 radical (unpaired) electrons. The minimum Gasteiger partial charge on any atom is -0.475 e. The van der Waals surface area contributed by atoms with Crippen molar-refractivity contribution in [2.75, 3.05) is 7.05 Å². The van der Waals surface area contributed by atoms with E-state index in [1.807, 2.05) is 7.05 Å². The van der Waals surface area contributed by atoms with Crippen LogP contribution >= 0.6 is 11.3 Å². The van der Waals surface area contributed by atoms with Gasteiger partial charge in [-0.3, -0.25) is 4.90 Å². The number of hydrogen-bond donors (Lipinski definition) is 1. The molecule has 0 unspecified atom stereocenters. The maximum atomic E-state index is 10.8. The van der Waals surface area contributed by atoms with Crippen LogP contribution in [0.1, 0.15) is 27.4 Å². The highest BCUT2D eigenvalue weighted by Crippen LogP contribution is 2.17. The number of carbonyl (C=O) groups is 1. The molecule has 0 saturated heterocycles. The lowest BCUT2D eigenvalue weighted by Crippen LogP contribution is -2.16. The van der Waals surface area contributed by atoms with Gasteiger partial charge in [0.15, 0.2) is 0 Å². The third-order valence-electron chi connectivity index (χ3n) is 2.70. The van der Waals surface area contributed by atoms with Crippen molar-refractivity contribution in [3.63, 3.8) is 0 Å². The van der Waals surface area contributed by atoms with Crippen molar-refractivity contribution >= 4 is 17.3 Å². The van der Waals surface area contributed by atoms with E-state index in [0.29, 0.717) is 12.3 Å². The SMILES string of the molecule is Cc1oc(C(=O)O)cc1CN(C)Cc1ccsc1. The van der Waals surface area contributed by atoms with Crippen LogP contribution in [0.15, 0.2) is 27.3 Å². The van der Waals surface area contributed by atoms with Gasteiger partial charge in [-0.1, -0.05) is 0 Å². The van der Waals surface area contributed by atoms with Crippen molar-refractivity contribution < 1.29 is 14.3 Å². The molecule has 0 spiro atoms. The summed E-state index contributed by atoms with van der Waals surface area (Å²) in [4.78, 5) is 12.9. The van der Waals surface area contributed by atoms with Crippen LogP contribution in [0.4, 0.5) is 0 Å². The number of aromatic carboxylic acids is 1. The van der Waals surface area contributed by atoms with E-state index < -0.39 is 5.97 Å². The van der Waals surface area contributed by atoms with E-state index in [2.05, 4.69) is 21.7 Å². The maximum Gasteiger partial charge on any atom is 0.371 e.